The smallest absolute Gasteiger partial charge is 0.244 e. The van der Waals surface area contributed by atoms with Crippen molar-refractivity contribution in [1.29, 1.82) is 0 Å². The first-order valence-electron chi connectivity index (χ1n) is 7.72. The Morgan fingerprint density at radius 1 is 1.36 bits per heavy atom. The summed E-state index contributed by atoms with van der Waals surface area (Å²) >= 11 is 7.04. The van der Waals surface area contributed by atoms with Crippen LogP contribution in [-0.4, -0.2) is 12.1 Å². The zero-order valence-electron chi connectivity index (χ0n) is 12.8. The highest BCUT2D eigenvalue weighted by atomic mass is 79.9. The number of nitrogens with one attached hydrogen (secondary N) is 1. The molecule has 0 aliphatic heterocycles. The molecule has 3 nitrogen and oxygen atoms in total. The van der Waals surface area contributed by atoms with Crippen LogP contribution in [0.4, 0.5) is 0 Å². The molecule has 1 amide bonds. The molecule has 0 radical (unpaired) electrons. The Hall–Kier alpha value is -0.680. The van der Waals surface area contributed by atoms with Gasteiger partial charge >= 0.3 is 0 Å². The van der Waals surface area contributed by atoms with Gasteiger partial charge in [0.2, 0.25) is 5.91 Å². The number of carbonyl (C=O) groups excluding carboxylic acids is 1. The van der Waals surface area contributed by atoms with Crippen molar-refractivity contribution in [3.8, 4) is 0 Å². The second-order valence-corrected chi connectivity index (χ2v) is 8.39. The molecule has 2 saturated carbocycles. The maximum Gasteiger partial charge on any atom is 0.244 e. The van der Waals surface area contributed by atoms with Crippen molar-refractivity contribution in [2.45, 2.75) is 39.5 Å². The number of hydrogen-bond donors (Lipinski definition) is 1. The standard InChI is InChI=1S/C17H20Br2N2O/c1-10-13(18)7-11(8-14(10)19)9-20-21-16(22)15-12-5-3-4-6-17(12,15)2/h7-9,12,15H,3-6H2,1-2H3,(H,21,22)/b20-9-/t12-,15+,17+/m1/s1. The molecule has 2 fully saturated rings. The normalized spacial score (nSPS) is 30.2. The van der Waals surface area contributed by atoms with E-state index >= 15 is 0 Å². The number of hydrazone groups is 1. The van der Waals surface area contributed by atoms with Gasteiger partial charge in [-0.25, -0.2) is 5.43 Å². The van der Waals surface area contributed by atoms with Gasteiger partial charge in [0.1, 0.15) is 0 Å². The van der Waals surface area contributed by atoms with Crippen LogP contribution in [0.2, 0.25) is 0 Å². The molecule has 1 aromatic rings. The molecule has 0 aromatic heterocycles. The molecule has 1 aromatic carbocycles. The van der Waals surface area contributed by atoms with E-state index in [9.17, 15) is 4.79 Å². The van der Waals surface area contributed by atoms with Gasteiger partial charge in [0, 0.05) is 14.9 Å². The van der Waals surface area contributed by atoms with Crippen LogP contribution in [0.15, 0.2) is 26.2 Å². The van der Waals surface area contributed by atoms with Gasteiger partial charge in [-0.2, -0.15) is 5.10 Å². The summed E-state index contributed by atoms with van der Waals surface area (Å²) in [7, 11) is 0. The van der Waals surface area contributed by atoms with E-state index < -0.39 is 0 Å². The van der Waals surface area contributed by atoms with Crippen molar-refractivity contribution in [2.75, 3.05) is 0 Å². The lowest BCUT2D eigenvalue weighted by Gasteiger charge is -2.15. The topological polar surface area (TPSA) is 41.5 Å². The quantitative estimate of drug-likeness (QED) is 0.546. The summed E-state index contributed by atoms with van der Waals surface area (Å²) in [6.45, 7) is 4.28. The van der Waals surface area contributed by atoms with Gasteiger partial charge in [-0.3, -0.25) is 4.79 Å². The van der Waals surface area contributed by atoms with E-state index in [-0.39, 0.29) is 17.2 Å². The first-order chi connectivity index (χ1) is 10.4. The number of hydrogen-bond acceptors (Lipinski definition) is 2. The number of rotatable bonds is 3. The molecular weight excluding hydrogens is 408 g/mol. The van der Waals surface area contributed by atoms with E-state index in [2.05, 4.69) is 49.3 Å². The fraction of sp³-hybridized carbons (Fsp3) is 0.529. The van der Waals surface area contributed by atoms with Crippen LogP contribution in [0, 0.1) is 24.2 Å². The maximum absolute atomic E-state index is 12.3. The molecule has 0 unspecified atom stereocenters. The zero-order valence-corrected chi connectivity index (χ0v) is 16.0. The van der Waals surface area contributed by atoms with Crippen LogP contribution in [0.5, 0.6) is 0 Å². The Balaban J connectivity index is 1.62. The number of carbonyl (C=O) groups is 1. The lowest BCUT2D eigenvalue weighted by Crippen LogP contribution is -2.22. The first kappa shape index (κ1) is 16.2. The fourth-order valence-corrected chi connectivity index (χ4v) is 5.05. The summed E-state index contributed by atoms with van der Waals surface area (Å²) < 4.78 is 2.05. The van der Waals surface area contributed by atoms with E-state index in [4.69, 9.17) is 0 Å². The van der Waals surface area contributed by atoms with E-state index in [1.54, 1.807) is 6.21 Å². The lowest BCUT2D eigenvalue weighted by molar-refractivity contribution is -0.123. The molecule has 5 heteroatoms. The maximum atomic E-state index is 12.3. The zero-order chi connectivity index (χ0) is 15.9. The molecule has 0 heterocycles. The second-order valence-electron chi connectivity index (χ2n) is 6.68. The monoisotopic (exact) mass is 426 g/mol. The van der Waals surface area contributed by atoms with Gasteiger partial charge in [-0.15, -0.1) is 0 Å². The summed E-state index contributed by atoms with van der Waals surface area (Å²) in [4.78, 5) is 12.3. The summed E-state index contributed by atoms with van der Waals surface area (Å²) in [6, 6.07) is 3.99. The Morgan fingerprint density at radius 3 is 2.64 bits per heavy atom. The third kappa shape index (κ3) is 2.90. The van der Waals surface area contributed by atoms with Crippen LogP contribution >= 0.6 is 31.9 Å². The fourth-order valence-electron chi connectivity index (χ4n) is 3.83. The third-order valence-electron chi connectivity index (χ3n) is 5.31. The van der Waals surface area contributed by atoms with Crippen molar-refractivity contribution in [2.24, 2.45) is 22.4 Å². The average molecular weight is 428 g/mol. The number of fused-ring (bicyclic) bond motifs is 1. The van der Waals surface area contributed by atoms with Crippen molar-refractivity contribution in [3.63, 3.8) is 0 Å². The number of amides is 1. The first-order valence-corrected chi connectivity index (χ1v) is 9.30. The molecule has 3 rings (SSSR count). The molecule has 3 atom stereocenters. The summed E-state index contributed by atoms with van der Waals surface area (Å²) in [5.74, 6) is 0.804. The van der Waals surface area contributed by atoms with Gasteiger partial charge < -0.3 is 0 Å². The predicted octanol–water partition coefficient (Wildman–Crippen LogP) is 4.80. The Kier molecular flexibility index (Phi) is 4.47. The average Bonchev–Trinajstić information content (AvgIpc) is 3.10. The van der Waals surface area contributed by atoms with E-state index in [0.29, 0.717) is 5.92 Å². The van der Waals surface area contributed by atoms with Crippen LogP contribution < -0.4 is 5.43 Å². The van der Waals surface area contributed by atoms with E-state index in [1.807, 2.05) is 19.1 Å². The number of halogens is 2. The van der Waals surface area contributed by atoms with Crippen molar-refractivity contribution in [1.82, 2.24) is 5.43 Å². The second kappa shape index (κ2) is 6.08. The number of benzene rings is 1. The van der Waals surface area contributed by atoms with Crippen molar-refractivity contribution < 1.29 is 4.79 Å². The minimum Gasteiger partial charge on any atom is -0.273 e. The van der Waals surface area contributed by atoms with E-state index in [1.165, 1.54) is 25.7 Å². The highest BCUT2D eigenvalue weighted by Crippen LogP contribution is 2.66. The van der Waals surface area contributed by atoms with Crippen molar-refractivity contribution >= 4 is 44.0 Å². The minimum atomic E-state index is 0.0795. The SMILES string of the molecule is Cc1c(Br)cc(/C=N\NC(=O)[C@@H]2[C@H]3CCCC[C@@]32C)cc1Br. The lowest BCUT2D eigenvalue weighted by atomic mass is 9.90. The van der Waals surface area contributed by atoms with Gasteiger partial charge in [0.05, 0.1) is 6.21 Å². The van der Waals surface area contributed by atoms with Gasteiger partial charge in [0.25, 0.3) is 0 Å². The number of nitrogens with zero attached hydrogens (tertiary/aromatic N) is 1. The Labute approximate surface area is 148 Å². The van der Waals surface area contributed by atoms with Gasteiger partial charge in [0.15, 0.2) is 0 Å². The van der Waals surface area contributed by atoms with Crippen LogP contribution in [0.25, 0.3) is 0 Å². The Morgan fingerprint density at radius 2 is 2.05 bits per heavy atom. The van der Waals surface area contributed by atoms with E-state index in [0.717, 1.165) is 20.1 Å². The Bertz CT molecular complexity index is 621. The molecule has 0 spiro atoms. The largest absolute Gasteiger partial charge is 0.273 e. The highest BCUT2D eigenvalue weighted by molar-refractivity contribution is 9.11. The third-order valence-corrected chi connectivity index (χ3v) is 6.95. The summed E-state index contributed by atoms with van der Waals surface area (Å²) in [5.41, 5.74) is 5.06. The van der Waals surface area contributed by atoms with Gasteiger partial charge in [-0.05, 0) is 54.4 Å². The molecule has 2 aliphatic carbocycles. The van der Waals surface area contributed by atoms with Crippen molar-refractivity contribution in [3.05, 3.63) is 32.2 Å². The molecule has 0 bridgehead atoms. The molecule has 118 valence electrons. The van der Waals surface area contributed by atoms with Crippen LogP contribution in [-0.2, 0) is 4.79 Å². The van der Waals surface area contributed by atoms with Gasteiger partial charge in [-0.1, -0.05) is 51.6 Å². The molecule has 1 N–H and O–H groups in total. The summed E-state index contributed by atoms with van der Waals surface area (Å²) in [6.07, 6.45) is 6.58. The minimum absolute atomic E-state index is 0.0795. The molecular formula is C17H20Br2N2O. The summed E-state index contributed by atoms with van der Waals surface area (Å²) in [5, 5.41) is 4.14. The molecule has 0 saturated heterocycles. The molecule has 2 aliphatic rings. The molecule has 22 heavy (non-hydrogen) atoms. The van der Waals surface area contributed by atoms with Crippen LogP contribution in [0.3, 0.4) is 0 Å². The van der Waals surface area contributed by atoms with Crippen LogP contribution in [0.1, 0.15) is 43.7 Å². The predicted molar refractivity (Wildman–Crippen MR) is 95.9 cm³/mol. The highest BCUT2D eigenvalue weighted by Gasteiger charge is 2.64.